The van der Waals surface area contributed by atoms with Crippen LogP contribution in [0.5, 0.6) is 0 Å². The van der Waals surface area contributed by atoms with Crippen LogP contribution in [-0.2, 0) is 22.5 Å². The molecule has 0 bridgehead atoms. The average Bonchev–Trinajstić information content (AvgIpc) is 2.56. The molecule has 0 unspecified atom stereocenters. The molecule has 0 aliphatic carbocycles. The molecule has 0 aliphatic rings. The maximum absolute atomic E-state index is 12.3. The van der Waals surface area contributed by atoms with Gasteiger partial charge in [0.15, 0.2) is 0 Å². The van der Waals surface area contributed by atoms with Crippen molar-refractivity contribution in [1.82, 2.24) is 0 Å². The number of hydrogen-bond donors (Lipinski definition) is 2. The smallest absolute Gasteiger partial charge is 0.310 e. The Kier molecular flexibility index (Phi) is 5.27. The molecule has 5 nitrogen and oxygen atoms in total. The van der Waals surface area contributed by atoms with E-state index in [0.29, 0.717) is 23.4 Å². The third kappa shape index (κ3) is 3.93. The zero-order chi connectivity index (χ0) is 15.9. The van der Waals surface area contributed by atoms with Gasteiger partial charge < -0.3 is 15.8 Å². The first-order valence-electron chi connectivity index (χ1n) is 6.89. The van der Waals surface area contributed by atoms with Crippen LogP contribution in [0.25, 0.3) is 0 Å². The number of carbonyl (C=O) groups is 2. The largest absolute Gasteiger partial charge is 0.469 e. The van der Waals surface area contributed by atoms with E-state index in [1.165, 1.54) is 7.11 Å². The summed E-state index contributed by atoms with van der Waals surface area (Å²) in [7, 11) is 1.34. The molecule has 2 rings (SSSR count). The van der Waals surface area contributed by atoms with E-state index in [1.54, 1.807) is 30.3 Å². The fourth-order valence-corrected chi connectivity index (χ4v) is 2.01. The first kappa shape index (κ1) is 15.7. The molecule has 114 valence electrons. The third-order valence-corrected chi connectivity index (χ3v) is 3.28. The molecule has 0 radical (unpaired) electrons. The van der Waals surface area contributed by atoms with Crippen LogP contribution in [0.15, 0.2) is 48.5 Å². The highest BCUT2D eigenvalue weighted by molar-refractivity contribution is 6.04. The number of rotatable bonds is 5. The van der Waals surface area contributed by atoms with Crippen LogP contribution in [0.1, 0.15) is 21.5 Å². The number of nitrogens with one attached hydrogen (secondary N) is 1. The van der Waals surface area contributed by atoms with Crippen LogP contribution in [0.2, 0.25) is 0 Å². The maximum Gasteiger partial charge on any atom is 0.310 e. The van der Waals surface area contributed by atoms with Gasteiger partial charge in [-0.25, -0.2) is 0 Å². The number of nitrogens with two attached hydrogens (primary N) is 1. The molecule has 2 aromatic carbocycles. The van der Waals surface area contributed by atoms with Gasteiger partial charge >= 0.3 is 5.97 Å². The first-order chi connectivity index (χ1) is 10.6. The van der Waals surface area contributed by atoms with Crippen molar-refractivity contribution in [2.75, 3.05) is 12.4 Å². The summed E-state index contributed by atoms with van der Waals surface area (Å²) in [6.45, 7) is 0.434. The van der Waals surface area contributed by atoms with Gasteiger partial charge in [0.05, 0.1) is 13.5 Å². The number of ether oxygens (including phenoxy) is 1. The molecule has 5 heteroatoms. The number of carbonyl (C=O) groups excluding carboxylic acids is 2. The van der Waals surface area contributed by atoms with E-state index < -0.39 is 0 Å². The lowest BCUT2D eigenvalue weighted by atomic mass is 10.1. The topological polar surface area (TPSA) is 81.4 Å². The summed E-state index contributed by atoms with van der Waals surface area (Å²) in [5, 5.41) is 2.82. The lowest BCUT2D eigenvalue weighted by Crippen LogP contribution is -2.15. The average molecular weight is 298 g/mol. The Morgan fingerprint density at radius 3 is 2.41 bits per heavy atom. The Labute approximate surface area is 129 Å². The van der Waals surface area contributed by atoms with Crippen molar-refractivity contribution in [3.63, 3.8) is 0 Å². The molecule has 3 N–H and O–H groups in total. The van der Waals surface area contributed by atoms with Crippen molar-refractivity contribution in [3.05, 3.63) is 65.2 Å². The molecular weight excluding hydrogens is 280 g/mol. The van der Waals surface area contributed by atoms with E-state index in [9.17, 15) is 9.59 Å². The second kappa shape index (κ2) is 7.38. The Hall–Kier alpha value is -2.66. The minimum absolute atomic E-state index is 0.110. The Morgan fingerprint density at radius 2 is 1.77 bits per heavy atom. The zero-order valence-electron chi connectivity index (χ0n) is 12.3. The molecule has 2 aromatic rings. The van der Waals surface area contributed by atoms with Gasteiger partial charge in [-0.3, -0.25) is 9.59 Å². The molecule has 1 amide bonds. The summed E-state index contributed by atoms with van der Waals surface area (Å²) in [4.78, 5) is 23.7. The van der Waals surface area contributed by atoms with Gasteiger partial charge in [-0.1, -0.05) is 30.3 Å². The van der Waals surface area contributed by atoms with Crippen LogP contribution in [0.4, 0.5) is 5.69 Å². The Balaban J connectivity index is 2.15. The van der Waals surface area contributed by atoms with Crippen molar-refractivity contribution in [1.29, 1.82) is 0 Å². The van der Waals surface area contributed by atoms with Gasteiger partial charge in [0, 0.05) is 17.8 Å². The Morgan fingerprint density at radius 1 is 1.09 bits per heavy atom. The molecule has 0 aliphatic heterocycles. The molecule has 0 atom stereocenters. The van der Waals surface area contributed by atoms with Crippen LogP contribution in [0.3, 0.4) is 0 Å². The van der Waals surface area contributed by atoms with Crippen LogP contribution >= 0.6 is 0 Å². The van der Waals surface area contributed by atoms with Gasteiger partial charge in [-0.05, 0) is 29.3 Å². The summed E-state index contributed by atoms with van der Waals surface area (Å²) in [5.41, 5.74) is 8.34. The summed E-state index contributed by atoms with van der Waals surface area (Å²) in [6, 6.07) is 14.2. The van der Waals surface area contributed by atoms with Crippen molar-refractivity contribution < 1.29 is 14.3 Å². The van der Waals surface area contributed by atoms with Gasteiger partial charge in [-0.2, -0.15) is 0 Å². The fourth-order valence-electron chi connectivity index (χ4n) is 2.01. The lowest BCUT2D eigenvalue weighted by Gasteiger charge is -2.10. The third-order valence-electron chi connectivity index (χ3n) is 3.28. The highest BCUT2D eigenvalue weighted by Gasteiger charge is 2.11. The summed E-state index contributed by atoms with van der Waals surface area (Å²) in [5.74, 6) is -0.588. The number of anilines is 1. The van der Waals surface area contributed by atoms with Crippen LogP contribution in [0, 0.1) is 0 Å². The van der Waals surface area contributed by atoms with Crippen LogP contribution in [-0.4, -0.2) is 19.0 Å². The van der Waals surface area contributed by atoms with Gasteiger partial charge in [0.25, 0.3) is 5.91 Å². The standard InChI is InChI=1S/C17H18N2O3/c1-22-16(20)10-14-4-2-3-5-15(14)19-17(21)13-8-6-12(11-18)7-9-13/h2-9H,10-11,18H2,1H3,(H,19,21). The number of esters is 1. The molecule has 0 saturated carbocycles. The van der Waals surface area contributed by atoms with Crippen molar-refractivity contribution in [3.8, 4) is 0 Å². The number of amides is 1. The monoisotopic (exact) mass is 298 g/mol. The SMILES string of the molecule is COC(=O)Cc1ccccc1NC(=O)c1ccc(CN)cc1. The maximum atomic E-state index is 12.3. The molecule has 0 aromatic heterocycles. The van der Waals surface area contributed by atoms with Crippen LogP contribution < -0.4 is 11.1 Å². The number of hydrogen-bond acceptors (Lipinski definition) is 4. The number of benzene rings is 2. The Bertz CT molecular complexity index is 666. The van der Waals surface area contributed by atoms with Gasteiger partial charge in [0.1, 0.15) is 0 Å². The molecule has 0 fully saturated rings. The molecule has 0 heterocycles. The molecule has 0 saturated heterocycles. The second-order valence-corrected chi connectivity index (χ2v) is 4.77. The van der Waals surface area contributed by atoms with Gasteiger partial charge in [0.2, 0.25) is 0 Å². The van der Waals surface area contributed by atoms with Gasteiger partial charge in [-0.15, -0.1) is 0 Å². The predicted octanol–water partition coefficient (Wildman–Crippen LogP) is 2.11. The number of methoxy groups -OCH3 is 1. The molecule has 22 heavy (non-hydrogen) atoms. The van der Waals surface area contributed by atoms with E-state index in [-0.39, 0.29) is 18.3 Å². The second-order valence-electron chi connectivity index (χ2n) is 4.77. The summed E-state index contributed by atoms with van der Waals surface area (Å²) >= 11 is 0. The number of para-hydroxylation sites is 1. The lowest BCUT2D eigenvalue weighted by molar-refractivity contribution is -0.139. The van der Waals surface area contributed by atoms with Crippen molar-refractivity contribution in [2.24, 2.45) is 5.73 Å². The summed E-state index contributed by atoms with van der Waals surface area (Å²) in [6.07, 6.45) is 0.110. The highest BCUT2D eigenvalue weighted by Crippen LogP contribution is 2.17. The van der Waals surface area contributed by atoms with E-state index in [1.807, 2.05) is 18.2 Å². The predicted molar refractivity (Wildman–Crippen MR) is 84.4 cm³/mol. The van der Waals surface area contributed by atoms with E-state index in [4.69, 9.17) is 5.73 Å². The first-order valence-corrected chi connectivity index (χ1v) is 6.89. The van der Waals surface area contributed by atoms with E-state index in [2.05, 4.69) is 10.1 Å². The normalized spacial score (nSPS) is 10.1. The molecular formula is C17H18N2O3. The minimum atomic E-state index is -0.353. The fraction of sp³-hybridized carbons (Fsp3) is 0.176. The zero-order valence-corrected chi connectivity index (χ0v) is 12.3. The summed E-state index contributed by atoms with van der Waals surface area (Å²) < 4.78 is 4.66. The van der Waals surface area contributed by atoms with Crippen molar-refractivity contribution >= 4 is 17.6 Å². The minimum Gasteiger partial charge on any atom is -0.469 e. The van der Waals surface area contributed by atoms with E-state index in [0.717, 1.165) is 5.56 Å². The van der Waals surface area contributed by atoms with E-state index >= 15 is 0 Å². The van der Waals surface area contributed by atoms with Crippen molar-refractivity contribution in [2.45, 2.75) is 13.0 Å². The highest BCUT2D eigenvalue weighted by atomic mass is 16.5. The molecule has 0 spiro atoms. The quantitative estimate of drug-likeness (QED) is 0.828.